The third-order valence-corrected chi connectivity index (χ3v) is 6.25. The summed E-state index contributed by atoms with van der Waals surface area (Å²) >= 11 is 0. The van der Waals surface area contributed by atoms with Gasteiger partial charge in [0.15, 0.2) is 5.65 Å². The zero-order valence-corrected chi connectivity index (χ0v) is 21.0. The molecule has 2 fully saturated rings. The first-order valence-electron chi connectivity index (χ1n) is 12.6. The number of hydrogen-bond donors (Lipinski definition) is 3. The number of aromatic nitrogens is 4. The molecule has 0 radical (unpaired) electrons. The molecule has 1 amide bonds. The predicted octanol–water partition coefficient (Wildman–Crippen LogP) is 4.42. The molecule has 192 valence electrons. The van der Waals surface area contributed by atoms with E-state index in [9.17, 15) is 4.79 Å². The number of anilines is 3. The van der Waals surface area contributed by atoms with Crippen LogP contribution in [0.1, 0.15) is 24.8 Å². The van der Waals surface area contributed by atoms with Crippen molar-refractivity contribution in [3.63, 3.8) is 0 Å². The lowest BCUT2D eigenvalue weighted by Gasteiger charge is -2.33. The minimum absolute atomic E-state index is 0.0491. The highest BCUT2D eigenvalue weighted by Crippen LogP contribution is 2.22. The molecule has 10 heteroatoms. The van der Waals surface area contributed by atoms with Crippen LogP contribution in [-0.2, 0) is 6.54 Å². The number of carboxylic acid groups (broad SMARTS) is 1. The minimum atomic E-state index is -1.20. The van der Waals surface area contributed by atoms with Gasteiger partial charge in [0.25, 0.3) is 5.95 Å². The molecule has 0 unspecified atom stereocenters. The van der Waals surface area contributed by atoms with E-state index in [1.807, 2.05) is 30.5 Å². The van der Waals surface area contributed by atoms with Crippen molar-refractivity contribution in [3.8, 4) is 11.3 Å². The Morgan fingerprint density at radius 1 is 0.973 bits per heavy atom. The molecular formula is C27H32N8O2. The standard InChI is InChI=1S/C24H26N8O2.C3H6/c1-30-11-13-31(14-12-30)21-10-9-19(16-26-21)25-15-17-5-7-18(8-6-17)20-3-2-4-22-27-23(28-24(33)34)29-32(20)22;1-2-3-1/h2-10,16,25H,11-15H2,1H3,(H,28,29)(H,33,34);1-3H2. The first-order chi connectivity index (χ1) is 18.0. The summed E-state index contributed by atoms with van der Waals surface area (Å²) in [4.78, 5) is 24.4. The molecule has 0 atom stereocenters. The number of rotatable bonds is 6. The lowest BCUT2D eigenvalue weighted by atomic mass is 10.1. The van der Waals surface area contributed by atoms with Crippen LogP contribution < -0.4 is 15.5 Å². The number of nitrogens with zero attached hydrogens (tertiary/aromatic N) is 6. The summed E-state index contributed by atoms with van der Waals surface area (Å²) in [6, 6.07) is 17.9. The highest BCUT2D eigenvalue weighted by Gasteiger charge is 2.15. The van der Waals surface area contributed by atoms with E-state index >= 15 is 0 Å². The Balaban J connectivity index is 0.000000872. The fraction of sp³-hybridized carbons (Fsp3) is 0.333. The molecule has 1 saturated heterocycles. The number of likely N-dealkylation sites (N-methyl/N-ethyl adjacent to an activating group) is 1. The van der Waals surface area contributed by atoms with Crippen LogP contribution in [0.5, 0.6) is 0 Å². The molecule has 10 nitrogen and oxygen atoms in total. The number of carbonyl (C=O) groups is 1. The Hall–Kier alpha value is -4.18. The van der Waals surface area contributed by atoms with Crippen LogP contribution >= 0.6 is 0 Å². The molecule has 4 heterocycles. The Bertz CT molecular complexity index is 1320. The van der Waals surface area contributed by atoms with Crippen LogP contribution in [0.15, 0.2) is 60.8 Å². The lowest BCUT2D eigenvalue weighted by Crippen LogP contribution is -2.44. The summed E-state index contributed by atoms with van der Waals surface area (Å²) in [5, 5.41) is 18.8. The fourth-order valence-corrected chi connectivity index (χ4v) is 3.98. The number of fused-ring (bicyclic) bond motifs is 1. The second-order valence-electron chi connectivity index (χ2n) is 9.35. The van der Waals surface area contributed by atoms with E-state index in [0.29, 0.717) is 12.2 Å². The molecule has 1 aliphatic carbocycles. The molecule has 3 aromatic heterocycles. The molecular weight excluding hydrogens is 468 g/mol. The van der Waals surface area contributed by atoms with Crippen LogP contribution in [0.4, 0.5) is 22.2 Å². The Morgan fingerprint density at radius 2 is 1.73 bits per heavy atom. The number of nitrogens with one attached hydrogen (secondary N) is 2. The Kier molecular flexibility index (Phi) is 7.46. The smallest absolute Gasteiger partial charge is 0.411 e. The van der Waals surface area contributed by atoms with Crippen molar-refractivity contribution in [1.29, 1.82) is 0 Å². The summed E-state index contributed by atoms with van der Waals surface area (Å²) < 4.78 is 1.63. The second kappa shape index (κ2) is 11.3. The van der Waals surface area contributed by atoms with Gasteiger partial charge in [0.05, 0.1) is 17.6 Å². The molecule has 1 aromatic carbocycles. The predicted molar refractivity (Wildman–Crippen MR) is 145 cm³/mol. The fourth-order valence-electron chi connectivity index (χ4n) is 3.98. The van der Waals surface area contributed by atoms with Gasteiger partial charge in [-0.3, -0.25) is 5.32 Å². The van der Waals surface area contributed by atoms with Crippen molar-refractivity contribution in [2.24, 2.45) is 0 Å². The van der Waals surface area contributed by atoms with Crippen molar-refractivity contribution in [2.75, 3.05) is 48.8 Å². The van der Waals surface area contributed by atoms with Gasteiger partial charge in [-0.05, 0) is 36.9 Å². The van der Waals surface area contributed by atoms with Gasteiger partial charge in [-0.25, -0.2) is 14.3 Å². The van der Waals surface area contributed by atoms with Gasteiger partial charge in [-0.2, -0.15) is 4.98 Å². The van der Waals surface area contributed by atoms with Crippen molar-refractivity contribution >= 4 is 29.2 Å². The van der Waals surface area contributed by atoms with Crippen molar-refractivity contribution < 1.29 is 9.90 Å². The first kappa shape index (κ1) is 24.5. The second-order valence-corrected chi connectivity index (χ2v) is 9.35. The summed E-state index contributed by atoms with van der Waals surface area (Å²) in [5.74, 6) is 1.07. The van der Waals surface area contributed by atoms with Gasteiger partial charge in [0.1, 0.15) is 5.82 Å². The van der Waals surface area contributed by atoms with Crippen molar-refractivity contribution in [3.05, 3.63) is 66.4 Å². The Morgan fingerprint density at radius 3 is 2.38 bits per heavy atom. The third-order valence-electron chi connectivity index (χ3n) is 6.25. The molecule has 0 spiro atoms. The maximum Gasteiger partial charge on any atom is 0.411 e. The summed E-state index contributed by atoms with van der Waals surface area (Å²) in [6.45, 7) is 4.80. The minimum Gasteiger partial charge on any atom is -0.465 e. The van der Waals surface area contributed by atoms with E-state index in [1.54, 1.807) is 10.6 Å². The molecule has 6 rings (SSSR count). The molecule has 37 heavy (non-hydrogen) atoms. The molecule has 1 aliphatic heterocycles. The molecule has 3 N–H and O–H groups in total. The molecule has 0 bridgehead atoms. The average Bonchev–Trinajstić information content (AvgIpc) is 3.74. The Labute approximate surface area is 216 Å². The molecule has 2 aliphatic rings. The number of benzene rings is 1. The third kappa shape index (κ3) is 6.53. The van der Waals surface area contributed by atoms with Gasteiger partial charge in [0.2, 0.25) is 0 Å². The number of hydrogen-bond acceptors (Lipinski definition) is 7. The summed E-state index contributed by atoms with van der Waals surface area (Å²) in [6.07, 6.45) is 5.19. The highest BCUT2D eigenvalue weighted by atomic mass is 16.4. The van der Waals surface area contributed by atoms with Gasteiger partial charge in [-0.1, -0.05) is 49.6 Å². The quantitative estimate of drug-likeness (QED) is 0.357. The topological polar surface area (TPSA) is 111 Å². The number of amides is 1. The van der Waals surface area contributed by atoms with Crippen LogP contribution in [-0.4, -0.2) is 68.9 Å². The maximum atomic E-state index is 10.9. The van der Waals surface area contributed by atoms with E-state index < -0.39 is 6.09 Å². The highest BCUT2D eigenvalue weighted by molar-refractivity contribution is 5.80. The van der Waals surface area contributed by atoms with Gasteiger partial charge >= 0.3 is 6.09 Å². The van der Waals surface area contributed by atoms with E-state index in [1.165, 1.54) is 19.3 Å². The van der Waals surface area contributed by atoms with Crippen LogP contribution in [0.25, 0.3) is 16.9 Å². The normalized spacial score (nSPS) is 15.1. The average molecular weight is 501 g/mol. The van der Waals surface area contributed by atoms with Crippen LogP contribution in [0.3, 0.4) is 0 Å². The number of piperazine rings is 1. The molecule has 4 aromatic rings. The zero-order chi connectivity index (χ0) is 25.6. The van der Waals surface area contributed by atoms with Gasteiger partial charge < -0.3 is 20.2 Å². The number of pyridine rings is 2. The summed E-state index contributed by atoms with van der Waals surface area (Å²) in [5.41, 5.74) is 4.46. The van der Waals surface area contributed by atoms with E-state index in [0.717, 1.165) is 54.5 Å². The van der Waals surface area contributed by atoms with Gasteiger partial charge in [-0.15, -0.1) is 5.10 Å². The van der Waals surface area contributed by atoms with E-state index in [2.05, 4.69) is 66.8 Å². The van der Waals surface area contributed by atoms with Crippen LogP contribution in [0, 0.1) is 0 Å². The van der Waals surface area contributed by atoms with E-state index in [-0.39, 0.29) is 5.95 Å². The van der Waals surface area contributed by atoms with Crippen molar-refractivity contribution in [1.82, 2.24) is 24.5 Å². The van der Waals surface area contributed by atoms with Gasteiger partial charge in [0, 0.05) is 38.3 Å². The monoisotopic (exact) mass is 500 g/mol. The van der Waals surface area contributed by atoms with E-state index in [4.69, 9.17) is 5.11 Å². The zero-order valence-electron chi connectivity index (χ0n) is 21.0. The van der Waals surface area contributed by atoms with Crippen LogP contribution in [0.2, 0.25) is 0 Å². The van der Waals surface area contributed by atoms with Crippen molar-refractivity contribution in [2.45, 2.75) is 25.8 Å². The SMILES string of the molecule is C1CC1.CN1CCN(c2ccc(NCc3ccc(-c4cccc5nc(NC(=O)O)nn45)cc3)cn2)CC1. The lowest BCUT2D eigenvalue weighted by molar-refractivity contribution is 0.209. The maximum absolute atomic E-state index is 10.9. The summed E-state index contributed by atoms with van der Waals surface area (Å²) in [7, 11) is 2.15. The first-order valence-corrected chi connectivity index (χ1v) is 12.6. The molecule has 1 saturated carbocycles. The largest absolute Gasteiger partial charge is 0.465 e.